The van der Waals surface area contributed by atoms with Gasteiger partial charge in [-0.1, -0.05) is 48.8 Å². The van der Waals surface area contributed by atoms with Crippen LogP contribution in [0.5, 0.6) is 17.2 Å². The summed E-state index contributed by atoms with van der Waals surface area (Å²) in [5, 5.41) is 32.4. The van der Waals surface area contributed by atoms with Crippen LogP contribution in [0.1, 0.15) is 89.2 Å². The first-order chi connectivity index (χ1) is 14.0. The van der Waals surface area contributed by atoms with Crippen molar-refractivity contribution in [2.24, 2.45) is 5.92 Å². The van der Waals surface area contributed by atoms with Gasteiger partial charge in [0, 0.05) is 17.0 Å². The van der Waals surface area contributed by atoms with E-state index in [1.54, 1.807) is 6.92 Å². The highest BCUT2D eigenvalue weighted by molar-refractivity contribution is 6.03. The lowest BCUT2D eigenvalue weighted by Crippen LogP contribution is -2.12. The van der Waals surface area contributed by atoms with Crippen LogP contribution in [-0.4, -0.2) is 21.1 Å². The third-order valence-electron chi connectivity index (χ3n) is 5.38. The quantitative estimate of drug-likeness (QED) is 0.291. The van der Waals surface area contributed by atoms with Gasteiger partial charge in [-0.3, -0.25) is 4.79 Å². The second-order valence-electron chi connectivity index (χ2n) is 8.61. The van der Waals surface area contributed by atoms with Crippen LogP contribution in [0.2, 0.25) is 0 Å². The first-order valence-corrected chi connectivity index (χ1v) is 10.8. The zero-order chi connectivity index (χ0) is 23.0. The summed E-state index contributed by atoms with van der Waals surface area (Å²) in [5.41, 5.74) is 3.94. The summed E-state index contributed by atoms with van der Waals surface area (Å²) >= 11 is 0. The smallest absolute Gasteiger partial charge is 0.173 e. The fraction of sp³-hybridized carbons (Fsp3) is 0.500. The van der Waals surface area contributed by atoms with Crippen LogP contribution < -0.4 is 0 Å². The Morgan fingerprint density at radius 3 is 1.80 bits per heavy atom. The predicted octanol–water partition coefficient (Wildman–Crippen LogP) is 6.78. The van der Waals surface area contributed by atoms with E-state index in [0.717, 1.165) is 24.0 Å². The van der Waals surface area contributed by atoms with Crippen LogP contribution in [0.25, 0.3) is 0 Å². The van der Waals surface area contributed by atoms with Crippen LogP contribution in [0.3, 0.4) is 0 Å². The normalized spacial score (nSPS) is 12.4. The van der Waals surface area contributed by atoms with E-state index in [4.69, 9.17) is 0 Å². The van der Waals surface area contributed by atoms with Crippen molar-refractivity contribution >= 4 is 5.78 Å². The van der Waals surface area contributed by atoms with Crippen LogP contribution >= 0.6 is 0 Å². The molecule has 0 saturated carbocycles. The topological polar surface area (TPSA) is 77.8 Å². The molecule has 0 saturated heterocycles. The van der Waals surface area contributed by atoms with Crippen LogP contribution in [0.15, 0.2) is 34.9 Å². The number of hydrogen-bond acceptors (Lipinski definition) is 4. The molecule has 0 aliphatic heterocycles. The van der Waals surface area contributed by atoms with Gasteiger partial charge in [0.2, 0.25) is 0 Å². The number of allylic oxidation sites excluding steroid dienone is 6. The maximum Gasteiger partial charge on any atom is 0.173 e. The standard InChI is InChI=1S/C26H38O4/c1-8-19(7)23(27)22-25(29)20(14-12-17(4)5)24(28)21(26(22)30)15-13-18(6)11-9-10-16(2)3/h10,12-13,19,28-30H,8-9,11,14-15H2,1-7H3/b18-13+. The number of ketones is 1. The van der Waals surface area contributed by atoms with Crippen LogP contribution in [0.4, 0.5) is 0 Å². The Morgan fingerprint density at radius 1 is 0.833 bits per heavy atom. The third kappa shape index (κ3) is 6.79. The van der Waals surface area contributed by atoms with E-state index in [2.05, 4.69) is 19.9 Å². The summed E-state index contributed by atoms with van der Waals surface area (Å²) in [6.07, 6.45) is 9.02. The van der Waals surface area contributed by atoms with E-state index in [1.807, 2.05) is 39.8 Å². The van der Waals surface area contributed by atoms with Crippen LogP contribution in [0, 0.1) is 5.92 Å². The maximum atomic E-state index is 12.9. The van der Waals surface area contributed by atoms with Gasteiger partial charge in [0.25, 0.3) is 0 Å². The number of carbonyl (C=O) groups excluding carboxylic acids is 1. The van der Waals surface area contributed by atoms with E-state index in [-0.39, 0.29) is 52.1 Å². The molecule has 3 N–H and O–H groups in total. The molecule has 0 aromatic heterocycles. The summed E-state index contributed by atoms with van der Waals surface area (Å²) in [5.74, 6) is -1.42. The molecule has 30 heavy (non-hydrogen) atoms. The summed E-state index contributed by atoms with van der Waals surface area (Å²) in [4.78, 5) is 12.9. The largest absolute Gasteiger partial charge is 0.507 e. The molecule has 0 spiro atoms. The number of phenolic OH excluding ortho intramolecular Hbond substituents is 3. The van der Waals surface area contributed by atoms with Crippen LogP contribution in [-0.2, 0) is 12.8 Å². The van der Waals surface area contributed by atoms with Gasteiger partial charge in [-0.25, -0.2) is 0 Å². The Morgan fingerprint density at radius 2 is 1.33 bits per heavy atom. The first kappa shape index (κ1) is 25.5. The van der Waals surface area contributed by atoms with Crippen molar-refractivity contribution in [1.82, 2.24) is 0 Å². The SMILES string of the molecule is CCC(C)C(=O)c1c(O)c(CC=C(C)C)c(O)c(C/C=C(\C)CCC=C(C)C)c1O. The molecule has 4 heteroatoms. The maximum absolute atomic E-state index is 12.9. The molecule has 0 aliphatic carbocycles. The Labute approximate surface area is 181 Å². The van der Waals surface area contributed by atoms with Crippen molar-refractivity contribution in [3.05, 3.63) is 51.6 Å². The molecule has 0 aliphatic rings. The van der Waals surface area contributed by atoms with Gasteiger partial charge in [0.1, 0.15) is 22.8 Å². The molecule has 0 amide bonds. The predicted molar refractivity (Wildman–Crippen MR) is 124 cm³/mol. The fourth-order valence-corrected chi connectivity index (χ4v) is 3.15. The van der Waals surface area contributed by atoms with E-state index in [1.165, 1.54) is 5.57 Å². The highest BCUT2D eigenvalue weighted by atomic mass is 16.3. The first-order valence-electron chi connectivity index (χ1n) is 10.8. The van der Waals surface area contributed by atoms with Crippen molar-refractivity contribution in [3.63, 3.8) is 0 Å². The van der Waals surface area contributed by atoms with E-state index < -0.39 is 0 Å². The Bertz CT molecular complexity index is 849. The van der Waals surface area contributed by atoms with Gasteiger partial charge in [-0.05, 0) is 66.7 Å². The number of hydrogen-bond donors (Lipinski definition) is 3. The second-order valence-corrected chi connectivity index (χ2v) is 8.61. The van der Waals surface area contributed by atoms with E-state index >= 15 is 0 Å². The molecular weight excluding hydrogens is 376 g/mol. The molecule has 4 nitrogen and oxygen atoms in total. The van der Waals surface area contributed by atoms with E-state index in [0.29, 0.717) is 12.8 Å². The molecule has 1 unspecified atom stereocenters. The van der Waals surface area contributed by atoms with Crippen molar-refractivity contribution in [2.75, 3.05) is 0 Å². The molecule has 0 radical (unpaired) electrons. The number of rotatable bonds is 10. The summed E-state index contributed by atoms with van der Waals surface area (Å²) in [6, 6.07) is 0. The summed E-state index contributed by atoms with van der Waals surface area (Å²) in [7, 11) is 0. The lowest BCUT2D eigenvalue weighted by molar-refractivity contribution is 0.0921. The second kappa shape index (κ2) is 11.6. The minimum absolute atomic E-state index is 0.0788. The molecule has 1 aromatic carbocycles. The van der Waals surface area contributed by atoms with Gasteiger partial charge in [-0.2, -0.15) is 0 Å². The van der Waals surface area contributed by atoms with Crippen molar-refractivity contribution in [1.29, 1.82) is 0 Å². The van der Waals surface area contributed by atoms with Gasteiger partial charge < -0.3 is 15.3 Å². The number of carbonyl (C=O) groups is 1. The summed E-state index contributed by atoms with van der Waals surface area (Å²) < 4.78 is 0. The Kier molecular flexibility index (Phi) is 9.91. The minimum atomic E-state index is -0.336. The third-order valence-corrected chi connectivity index (χ3v) is 5.38. The number of phenols is 3. The average molecular weight is 415 g/mol. The molecule has 1 atom stereocenters. The molecule has 0 heterocycles. The highest BCUT2D eigenvalue weighted by Crippen LogP contribution is 2.44. The van der Waals surface area contributed by atoms with Gasteiger partial charge in [-0.15, -0.1) is 0 Å². The molecular formula is C26H38O4. The minimum Gasteiger partial charge on any atom is -0.507 e. The zero-order valence-electron chi connectivity index (χ0n) is 19.6. The highest BCUT2D eigenvalue weighted by Gasteiger charge is 2.28. The number of Topliss-reactive ketones (excluding diaryl/α,β-unsaturated/α-hetero) is 1. The van der Waals surface area contributed by atoms with Gasteiger partial charge >= 0.3 is 0 Å². The lowest BCUT2D eigenvalue weighted by atomic mass is 9.89. The molecule has 1 rings (SSSR count). The summed E-state index contributed by atoms with van der Waals surface area (Å²) in [6.45, 7) is 13.7. The van der Waals surface area contributed by atoms with Crippen molar-refractivity contribution in [3.8, 4) is 17.2 Å². The molecule has 166 valence electrons. The molecule has 0 bridgehead atoms. The zero-order valence-corrected chi connectivity index (χ0v) is 19.6. The Hall–Kier alpha value is -2.49. The van der Waals surface area contributed by atoms with Crippen molar-refractivity contribution in [2.45, 2.75) is 80.6 Å². The molecule has 0 fully saturated rings. The average Bonchev–Trinajstić information content (AvgIpc) is 2.66. The van der Waals surface area contributed by atoms with Gasteiger partial charge in [0.05, 0.1) is 0 Å². The number of benzene rings is 1. The van der Waals surface area contributed by atoms with Crippen molar-refractivity contribution < 1.29 is 20.1 Å². The van der Waals surface area contributed by atoms with Gasteiger partial charge in [0.15, 0.2) is 5.78 Å². The van der Waals surface area contributed by atoms with E-state index in [9.17, 15) is 20.1 Å². The Balaban J connectivity index is 3.46. The lowest BCUT2D eigenvalue weighted by Gasteiger charge is -2.18. The number of aromatic hydroxyl groups is 3. The molecule has 1 aromatic rings. The monoisotopic (exact) mass is 414 g/mol. The fourth-order valence-electron chi connectivity index (χ4n) is 3.15.